The van der Waals surface area contributed by atoms with Crippen LogP contribution in [0.4, 0.5) is 5.95 Å². The number of aromatic nitrogens is 5. The molecule has 0 aromatic carbocycles. The minimum absolute atomic E-state index is 0.00594. The first kappa shape index (κ1) is 24.1. The molecule has 1 aliphatic heterocycles. The van der Waals surface area contributed by atoms with Crippen LogP contribution in [-0.2, 0) is 20.6 Å². The minimum Gasteiger partial charge on any atom is -0.394 e. The van der Waals surface area contributed by atoms with Crippen LogP contribution in [0.3, 0.4) is 0 Å². The third kappa shape index (κ3) is 6.74. The summed E-state index contributed by atoms with van der Waals surface area (Å²) in [4.78, 5) is 8.56. The fourth-order valence-electron chi connectivity index (χ4n) is 3.40. The quantitative estimate of drug-likeness (QED) is 0.352. The maximum absolute atomic E-state index is 8.90. The lowest BCUT2D eigenvalue weighted by Gasteiger charge is -2.26. The van der Waals surface area contributed by atoms with E-state index in [-0.39, 0.29) is 24.0 Å². The Kier molecular flexibility index (Phi) is 9.75. The van der Waals surface area contributed by atoms with Gasteiger partial charge in [0.05, 0.1) is 30.1 Å². The van der Waals surface area contributed by atoms with Crippen molar-refractivity contribution < 1.29 is 19.3 Å². The molecule has 3 rings (SSSR count). The monoisotopic (exact) mass is 472 g/mol. The molecule has 0 aliphatic carbocycles. The molecule has 3 heterocycles. The lowest BCUT2D eigenvalue weighted by molar-refractivity contribution is 0.0679. The van der Waals surface area contributed by atoms with Gasteiger partial charge in [0.15, 0.2) is 5.82 Å². The van der Waals surface area contributed by atoms with Gasteiger partial charge in [-0.05, 0) is 31.7 Å². The van der Waals surface area contributed by atoms with Crippen molar-refractivity contribution in [3.8, 4) is 0 Å². The molecule has 172 valence electrons. The summed E-state index contributed by atoms with van der Waals surface area (Å²) in [5.74, 6) is 2.11. The summed E-state index contributed by atoms with van der Waals surface area (Å²) in [6.07, 6.45) is 5.22. The van der Waals surface area contributed by atoms with Crippen molar-refractivity contribution in [2.24, 2.45) is 0 Å². The van der Waals surface area contributed by atoms with Gasteiger partial charge in [-0.15, -0.1) is 10.2 Å². The molecule has 2 aromatic heterocycles. The van der Waals surface area contributed by atoms with E-state index in [0.29, 0.717) is 49.6 Å². The molecular formula is C19H29ClN6O4S. The number of nitrogens with zero attached hydrogens (tertiary/aromatic N) is 5. The molecule has 2 N–H and O–H groups in total. The smallest absolute Gasteiger partial charge is 0.234 e. The van der Waals surface area contributed by atoms with Gasteiger partial charge in [0, 0.05) is 45.2 Å². The Balaban J connectivity index is 1.68. The van der Waals surface area contributed by atoms with Gasteiger partial charge in [-0.3, -0.25) is 9.29 Å². The van der Waals surface area contributed by atoms with E-state index in [2.05, 4.69) is 29.5 Å². The van der Waals surface area contributed by atoms with Crippen LogP contribution in [0.15, 0.2) is 12.4 Å². The highest BCUT2D eigenvalue weighted by Crippen LogP contribution is 2.31. The van der Waals surface area contributed by atoms with Gasteiger partial charge in [0.1, 0.15) is 11.9 Å². The summed E-state index contributed by atoms with van der Waals surface area (Å²) in [6, 6.07) is 0.257. The minimum atomic E-state index is -0.319. The van der Waals surface area contributed by atoms with E-state index in [9.17, 15) is 0 Å². The normalized spacial score (nSPS) is 16.9. The summed E-state index contributed by atoms with van der Waals surface area (Å²) < 4.78 is 22.1. The van der Waals surface area contributed by atoms with Crippen LogP contribution in [-0.4, -0.2) is 75.2 Å². The summed E-state index contributed by atoms with van der Waals surface area (Å²) >= 11 is 7.37. The average Bonchev–Trinajstić information content (AvgIpc) is 3.20. The molecule has 2 unspecified atom stereocenters. The van der Waals surface area contributed by atoms with E-state index in [0.717, 1.165) is 18.7 Å². The second-order valence-corrected chi connectivity index (χ2v) is 8.70. The van der Waals surface area contributed by atoms with Crippen LogP contribution >= 0.6 is 23.5 Å². The Labute approximate surface area is 191 Å². The van der Waals surface area contributed by atoms with E-state index in [1.165, 1.54) is 11.9 Å². The van der Waals surface area contributed by atoms with Crippen LogP contribution in [0.2, 0.25) is 5.02 Å². The van der Waals surface area contributed by atoms with E-state index in [4.69, 9.17) is 30.9 Å². The third-order valence-electron chi connectivity index (χ3n) is 4.94. The Morgan fingerprint density at radius 3 is 2.71 bits per heavy atom. The maximum atomic E-state index is 8.90. The third-order valence-corrected chi connectivity index (χ3v) is 6.05. The van der Waals surface area contributed by atoms with Gasteiger partial charge in [0.2, 0.25) is 5.95 Å². The maximum Gasteiger partial charge on any atom is 0.234 e. The molecular weight excluding hydrogens is 444 g/mol. The van der Waals surface area contributed by atoms with E-state index in [1.807, 2.05) is 6.92 Å². The molecule has 12 heteroatoms. The molecule has 0 radical (unpaired) electrons. The highest BCUT2D eigenvalue weighted by Gasteiger charge is 2.26. The topological polar surface area (TPSA) is 116 Å². The van der Waals surface area contributed by atoms with Crippen LogP contribution < -0.4 is 4.72 Å². The predicted octanol–water partition coefficient (Wildman–Crippen LogP) is 2.46. The summed E-state index contributed by atoms with van der Waals surface area (Å²) in [5.41, 5.74) is 0. The van der Waals surface area contributed by atoms with Gasteiger partial charge in [-0.2, -0.15) is 0 Å². The van der Waals surface area contributed by atoms with Crippen molar-refractivity contribution >= 4 is 29.5 Å². The highest BCUT2D eigenvalue weighted by atomic mass is 35.5. The SMILES string of the molecule is COC(c1ncc(Cl)cn1)C(C)SNc1nnc(CCOCCO)n1C1CCOCC1. The Bertz CT molecular complexity index is 790. The molecule has 0 spiro atoms. The fourth-order valence-corrected chi connectivity index (χ4v) is 4.29. The molecule has 0 bridgehead atoms. The van der Waals surface area contributed by atoms with Gasteiger partial charge >= 0.3 is 0 Å². The Morgan fingerprint density at radius 2 is 2.03 bits per heavy atom. The number of hydrogen-bond donors (Lipinski definition) is 2. The van der Waals surface area contributed by atoms with Crippen molar-refractivity contribution in [3.05, 3.63) is 29.1 Å². The van der Waals surface area contributed by atoms with E-state index < -0.39 is 0 Å². The van der Waals surface area contributed by atoms with Crippen LogP contribution in [0.5, 0.6) is 0 Å². The number of anilines is 1. The standard InChI is InChI=1S/C19H29ClN6O4S/c1-13(17(28-2)18-21-11-14(20)12-22-18)31-25-19-24-23-16(5-9-30-10-6-27)26(19)15-3-7-29-8-4-15/h11-13,15,17,27H,3-10H2,1-2H3,(H,24,25). The van der Waals surface area contributed by atoms with Crippen molar-refractivity contribution in [2.75, 3.05) is 44.9 Å². The molecule has 0 saturated carbocycles. The first-order valence-electron chi connectivity index (χ1n) is 10.3. The molecule has 1 aliphatic rings. The van der Waals surface area contributed by atoms with Gasteiger partial charge in [-0.25, -0.2) is 9.97 Å². The van der Waals surface area contributed by atoms with Gasteiger partial charge in [0.25, 0.3) is 0 Å². The van der Waals surface area contributed by atoms with Gasteiger partial charge < -0.3 is 19.3 Å². The van der Waals surface area contributed by atoms with E-state index >= 15 is 0 Å². The van der Waals surface area contributed by atoms with Crippen LogP contribution in [0, 0.1) is 0 Å². The summed E-state index contributed by atoms with van der Waals surface area (Å²) in [6.45, 7) is 4.26. The van der Waals surface area contributed by atoms with Crippen molar-refractivity contribution in [3.63, 3.8) is 0 Å². The first-order valence-corrected chi connectivity index (χ1v) is 11.5. The van der Waals surface area contributed by atoms with E-state index in [1.54, 1.807) is 19.5 Å². The molecule has 10 nitrogen and oxygen atoms in total. The van der Waals surface area contributed by atoms with Crippen LogP contribution in [0.25, 0.3) is 0 Å². The lowest BCUT2D eigenvalue weighted by atomic mass is 10.1. The van der Waals surface area contributed by atoms with Gasteiger partial charge in [-0.1, -0.05) is 11.6 Å². The zero-order valence-electron chi connectivity index (χ0n) is 17.7. The highest BCUT2D eigenvalue weighted by molar-refractivity contribution is 8.01. The first-order chi connectivity index (χ1) is 15.1. The molecule has 0 amide bonds. The summed E-state index contributed by atoms with van der Waals surface area (Å²) in [5, 5.41) is 18.1. The second-order valence-electron chi connectivity index (χ2n) is 7.08. The van der Waals surface area contributed by atoms with Crippen LogP contribution in [0.1, 0.15) is 43.6 Å². The number of hydrogen-bond acceptors (Lipinski definition) is 10. The van der Waals surface area contributed by atoms with Crippen molar-refractivity contribution in [1.82, 2.24) is 24.7 Å². The number of nitrogens with one attached hydrogen (secondary N) is 1. The zero-order chi connectivity index (χ0) is 22.1. The number of ether oxygens (including phenoxy) is 3. The molecule has 2 atom stereocenters. The number of methoxy groups -OCH3 is 1. The summed E-state index contributed by atoms with van der Waals surface area (Å²) in [7, 11) is 1.63. The number of rotatable bonds is 12. The number of halogens is 1. The predicted molar refractivity (Wildman–Crippen MR) is 118 cm³/mol. The lowest BCUT2D eigenvalue weighted by Crippen LogP contribution is -2.23. The van der Waals surface area contributed by atoms with Crippen molar-refractivity contribution in [2.45, 2.75) is 43.6 Å². The van der Waals surface area contributed by atoms with Crippen molar-refractivity contribution in [1.29, 1.82) is 0 Å². The Morgan fingerprint density at radius 1 is 1.29 bits per heavy atom. The Hall–Kier alpha value is -1.50. The average molecular weight is 473 g/mol. The molecule has 1 fully saturated rings. The molecule has 31 heavy (non-hydrogen) atoms. The number of aliphatic hydroxyl groups is 1. The zero-order valence-corrected chi connectivity index (χ0v) is 19.3. The largest absolute Gasteiger partial charge is 0.394 e. The fraction of sp³-hybridized carbons (Fsp3) is 0.684. The molecule has 1 saturated heterocycles. The second kappa shape index (κ2) is 12.5. The number of aliphatic hydroxyl groups excluding tert-OH is 1. The molecule has 2 aromatic rings.